The van der Waals surface area contributed by atoms with Crippen molar-refractivity contribution < 1.29 is 4.79 Å². The average Bonchev–Trinajstić information content (AvgIpc) is 2.80. The van der Waals surface area contributed by atoms with Gasteiger partial charge in [-0.25, -0.2) is 0 Å². The maximum atomic E-state index is 11.8. The molecule has 2 aromatic rings. The number of anilines is 1. The first-order chi connectivity index (χ1) is 15.1. The predicted octanol–water partition coefficient (Wildman–Crippen LogP) is 4.23. The highest BCUT2D eigenvalue weighted by Crippen LogP contribution is 2.36. The number of carbonyl (C=O) groups is 1. The van der Waals surface area contributed by atoms with Crippen molar-refractivity contribution in [1.29, 1.82) is 0 Å². The topological polar surface area (TPSA) is 38.8 Å². The molecule has 1 N–H and O–H groups in total. The minimum atomic E-state index is -0.0392. The normalized spacial score (nSPS) is 20.4. The lowest BCUT2D eigenvalue weighted by Crippen LogP contribution is -2.43. The van der Waals surface area contributed by atoms with Crippen molar-refractivity contribution in [2.75, 3.05) is 52.1 Å². The van der Waals surface area contributed by atoms with Crippen molar-refractivity contribution >= 4 is 33.6 Å². The summed E-state index contributed by atoms with van der Waals surface area (Å²) in [7, 11) is 4.13. The van der Waals surface area contributed by atoms with E-state index in [9.17, 15) is 4.79 Å². The molecule has 6 heteroatoms. The molecule has 0 aromatic heterocycles. The third-order valence-electron chi connectivity index (χ3n) is 6.41. The van der Waals surface area contributed by atoms with Crippen molar-refractivity contribution in [2.45, 2.75) is 19.0 Å². The second-order valence-corrected chi connectivity index (χ2v) is 9.41. The molecule has 2 aromatic carbocycles. The summed E-state index contributed by atoms with van der Waals surface area (Å²) in [6.07, 6.45) is 4.08. The molecule has 164 valence electrons. The zero-order chi connectivity index (χ0) is 21.8. The van der Waals surface area contributed by atoms with Gasteiger partial charge in [0, 0.05) is 62.0 Å². The molecular weight excluding hydrogens is 452 g/mol. The van der Waals surface area contributed by atoms with Gasteiger partial charge in [0.2, 0.25) is 6.41 Å². The van der Waals surface area contributed by atoms with Crippen molar-refractivity contribution in [3.8, 4) is 0 Å². The summed E-state index contributed by atoms with van der Waals surface area (Å²) in [6.45, 7) is 6.21. The Morgan fingerprint density at radius 3 is 2.48 bits per heavy atom. The Kier molecular flexibility index (Phi) is 7.10. The van der Waals surface area contributed by atoms with Crippen LogP contribution in [0.3, 0.4) is 0 Å². The monoisotopic (exact) mass is 482 g/mol. The Labute approximate surface area is 193 Å². The molecule has 1 fully saturated rings. The number of rotatable bonds is 6. The van der Waals surface area contributed by atoms with E-state index in [1.54, 1.807) is 0 Å². The van der Waals surface area contributed by atoms with E-state index in [2.05, 4.69) is 80.6 Å². The van der Waals surface area contributed by atoms with Gasteiger partial charge in [0.25, 0.3) is 0 Å². The number of nitrogens with zero attached hydrogens (tertiary/aromatic N) is 3. The molecule has 0 aliphatic carbocycles. The number of benzene rings is 2. The molecule has 1 atom stereocenters. The predicted molar refractivity (Wildman–Crippen MR) is 131 cm³/mol. The molecule has 0 spiro atoms. The Balaban J connectivity index is 1.55. The Hall–Kier alpha value is -2.15. The molecule has 2 heterocycles. The molecule has 1 unspecified atom stereocenters. The van der Waals surface area contributed by atoms with Gasteiger partial charge >= 0.3 is 0 Å². The van der Waals surface area contributed by atoms with Crippen LogP contribution in [0.15, 0.2) is 53.0 Å². The molecule has 2 aliphatic heterocycles. The molecule has 1 saturated heterocycles. The van der Waals surface area contributed by atoms with Crippen LogP contribution in [0.25, 0.3) is 5.57 Å². The molecular formula is C25H31BrN4O. The third-order valence-corrected chi connectivity index (χ3v) is 6.90. The third kappa shape index (κ3) is 5.20. The second kappa shape index (κ2) is 9.98. The quantitative estimate of drug-likeness (QED) is 0.625. The first-order valence-electron chi connectivity index (χ1n) is 11.0. The minimum Gasteiger partial charge on any atom is -0.388 e. The number of hydrogen-bond acceptors (Lipinski definition) is 4. The number of carbonyl (C=O) groups excluding carboxylic acids is 1. The first-order valence-corrected chi connectivity index (χ1v) is 11.8. The number of amides is 1. The van der Waals surface area contributed by atoms with E-state index in [4.69, 9.17) is 0 Å². The Morgan fingerprint density at radius 2 is 1.81 bits per heavy atom. The SMILES string of the molecule is CNc1ccc(Br)cc1C1=CC(c2ccc(CN3CCN(C)CC3)cc2)N(C=O)CC1. The van der Waals surface area contributed by atoms with Gasteiger partial charge in [-0.3, -0.25) is 9.69 Å². The van der Waals surface area contributed by atoms with E-state index in [1.165, 1.54) is 16.7 Å². The van der Waals surface area contributed by atoms with Gasteiger partial charge in [0.15, 0.2) is 0 Å². The molecule has 2 aliphatic rings. The number of piperazine rings is 1. The summed E-state index contributed by atoms with van der Waals surface area (Å²) in [4.78, 5) is 18.6. The van der Waals surface area contributed by atoms with Gasteiger partial charge in [-0.2, -0.15) is 0 Å². The fourth-order valence-corrected chi connectivity index (χ4v) is 4.83. The van der Waals surface area contributed by atoms with Gasteiger partial charge in [0.1, 0.15) is 0 Å². The fourth-order valence-electron chi connectivity index (χ4n) is 4.47. The van der Waals surface area contributed by atoms with E-state index in [-0.39, 0.29) is 6.04 Å². The number of halogens is 1. The van der Waals surface area contributed by atoms with Crippen LogP contribution in [0.2, 0.25) is 0 Å². The zero-order valence-electron chi connectivity index (χ0n) is 18.4. The molecule has 0 bridgehead atoms. The van der Waals surface area contributed by atoms with Crippen LogP contribution in [0.5, 0.6) is 0 Å². The molecule has 1 amide bonds. The van der Waals surface area contributed by atoms with Crippen LogP contribution in [0, 0.1) is 0 Å². The smallest absolute Gasteiger partial charge is 0.210 e. The van der Waals surface area contributed by atoms with E-state index in [0.29, 0.717) is 0 Å². The lowest BCUT2D eigenvalue weighted by Gasteiger charge is -2.33. The summed E-state index contributed by atoms with van der Waals surface area (Å²) in [5.41, 5.74) is 6.06. The highest BCUT2D eigenvalue weighted by atomic mass is 79.9. The van der Waals surface area contributed by atoms with Crippen LogP contribution in [-0.2, 0) is 11.3 Å². The lowest BCUT2D eigenvalue weighted by atomic mass is 9.91. The number of nitrogens with one attached hydrogen (secondary N) is 1. The molecule has 4 rings (SSSR count). The van der Waals surface area contributed by atoms with Crippen LogP contribution in [-0.4, -0.2) is 67.9 Å². The van der Waals surface area contributed by atoms with Gasteiger partial charge in [-0.1, -0.05) is 46.3 Å². The number of likely N-dealkylation sites (N-methyl/N-ethyl adjacent to an activating group) is 1. The van der Waals surface area contributed by atoms with Gasteiger partial charge < -0.3 is 15.1 Å². The van der Waals surface area contributed by atoms with Crippen LogP contribution < -0.4 is 5.32 Å². The molecule has 0 radical (unpaired) electrons. The molecule has 31 heavy (non-hydrogen) atoms. The number of hydrogen-bond donors (Lipinski definition) is 1. The fraction of sp³-hybridized carbons (Fsp3) is 0.400. The Bertz CT molecular complexity index is 935. The highest BCUT2D eigenvalue weighted by Gasteiger charge is 2.24. The maximum absolute atomic E-state index is 11.8. The Morgan fingerprint density at radius 1 is 1.06 bits per heavy atom. The highest BCUT2D eigenvalue weighted by molar-refractivity contribution is 9.10. The lowest BCUT2D eigenvalue weighted by molar-refractivity contribution is -0.119. The van der Waals surface area contributed by atoms with Gasteiger partial charge in [-0.15, -0.1) is 0 Å². The standard InChI is InChI=1S/C25H31BrN4O/c1-27-24-8-7-22(26)16-23(24)21-9-10-30(18-31)25(15-21)20-5-3-19(4-6-20)17-29-13-11-28(2)12-14-29/h3-8,15-16,18,25,27H,9-14,17H2,1-2H3. The summed E-state index contributed by atoms with van der Waals surface area (Å²) in [5.74, 6) is 0. The summed E-state index contributed by atoms with van der Waals surface area (Å²) in [5, 5.41) is 3.30. The first kappa shape index (κ1) is 22.1. The van der Waals surface area contributed by atoms with Crippen molar-refractivity contribution in [2.24, 2.45) is 0 Å². The summed E-state index contributed by atoms with van der Waals surface area (Å²) < 4.78 is 1.06. The van der Waals surface area contributed by atoms with Crippen LogP contribution in [0.4, 0.5) is 5.69 Å². The molecule has 5 nitrogen and oxygen atoms in total. The zero-order valence-corrected chi connectivity index (χ0v) is 19.9. The van der Waals surface area contributed by atoms with E-state index >= 15 is 0 Å². The maximum Gasteiger partial charge on any atom is 0.210 e. The van der Waals surface area contributed by atoms with E-state index in [1.807, 2.05) is 18.0 Å². The van der Waals surface area contributed by atoms with Crippen molar-refractivity contribution in [3.63, 3.8) is 0 Å². The van der Waals surface area contributed by atoms with Gasteiger partial charge in [0.05, 0.1) is 6.04 Å². The van der Waals surface area contributed by atoms with Crippen molar-refractivity contribution in [3.05, 3.63) is 69.7 Å². The second-order valence-electron chi connectivity index (χ2n) is 8.49. The summed E-state index contributed by atoms with van der Waals surface area (Å²) >= 11 is 3.60. The van der Waals surface area contributed by atoms with Crippen LogP contribution in [0.1, 0.15) is 29.2 Å². The minimum absolute atomic E-state index is 0.0392. The summed E-state index contributed by atoms with van der Waals surface area (Å²) in [6, 6.07) is 15.1. The van der Waals surface area contributed by atoms with Crippen LogP contribution >= 0.6 is 15.9 Å². The van der Waals surface area contributed by atoms with Gasteiger partial charge in [-0.05, 0) is 48.4 Å². The molecule has 0 saturated carbocycles. The largest absolute Gasteiger partial charge is 0.388 e. The van der Waals surface area contributed by atoms with E-state index in [0.717, 1.165) is 67.8 Å². The van der Waals surface area contributed by atoms with E-state index < -0.39 is 0 Å². The van der Waals surface area contributed by atoms with Crippen molar-refractivity contribution in [1.82, 2.24) is 14.7 Å². The average molecular weight is 483 g/mol.